The van der Waals surface area contributed by atoms with Gasteiger partial charge in [-0.05, 0) is 59.3 Å². The first-order chi connectivity index (χ1) is 17.8. The maximum atomic E-state index is 13.6. The number of carbonyl (C=O) groups is 4. The lowest BCUT2D eigenvalue weighted by Gasteiger charge is -2.30. The first kappa shape index (κ1) is 29.9. The van der Waals surface area contributed by atoms with Crippen LogP contribution in [0.4, 0.5) is 4.79 Å². The van der Waals surface area contributed by atoms with E-state index in [1.165, 1.54) is 4.90 Å². The zero-order chi connectivity index (χ0) is 28.1. The molecule has 4 N–H and O–H groups in total. The topological polar surface area (TPSA) is 163 Å². The molecule has 0 spiro atoms. The Morgan fingerprint density at radius 1 is 1.16 bits per heavy atom. The van der Waals surface area contributed by atoms with E-state index in [9.17, 15) is 27.6 Å². The van der Waals surface area contributed by atoms with Crippen molar-refractivity contribution in [1.29, 1.82) is 0 Å². The van der Waals surface area contributed by atoms with Crippen LogP contribution in [0.15, 0.2) is 12.2 Å². The highest BCUT2D eigenvalue weighted by molar-refractivity contribution is 7.88. The Kier molecular flexibility index (Phi) is 9.45. The van der Waals surface area contributed by atoms with Gasteiger partial charge in [0.25, 0.3) is 5.91 Å². The zero-order valence-corrected chi connectivity index (χ0v) is 23.5. The predicted molar refractivity (Wildman–Crippen MR) is 140 cm³/mol. The molecular formula is C25H41N5O7S. The molecule has 1 unspecified atom stereocenters. The van der Waals surface area contributed by atoms with Crippen LogP contribution in [0.1, 0.15) is 79.1 Å². The molecule has 2 heterocycles. The van der Waals surface area contributed by atoms with Crippen LogP contribution in [-0.4, -0.2) is 73.4 Å². The van der Waals surface area contributed by atoms with Crippen LogP contribution in [0.2, 0.25) is 0 Å². The van der Waals surface area contributed by atoms with E-state index in [-0.39, 0.29) is 24.8 Å². The number of hydrogen-bond acceptors (Lipinski definition) is 7. The van der Waals surface area contributed by atoms with E-state index >= 15 is 0 Å². The molecule has 13 heteroatoms. The maximum Gasteiger partial charge on any atom is 0.408 e. The number of nitrogens with one attached hydrogen (secondary N) is 4. The standard InChI is InChI=1S/C25H41N5O7S/c1-5-26-38(35,36)29-22(33)25-16-17(25)12-9-7-6-8-10-13-18(27-23(34)37-24(2,3)4)21(32)30-15-11-14-19(30)20(31)28-25/h9,12,17-19,26H,5-8,10-11,13-16H2,1-4H3,(H,27,34)(H,28,31)(H,29,33)/t17-,18?,19+,25-/m1/s1. The molecule has 12 nitrogen and oxygen atoms in total. The third kappa shape index (κ3) is 7.68. The normalized spacial score (nSPS) is 28.7. The number of carbonyl (C=O) groups excluding carboxylic acids is 4. The fourth-order valence-corrected chi connectivity index (χ4v) is 5.86. The van der Waals surface area contributed by atoms with E-state index in [0.717, 1.165) is 19.3 Å². The summed E-state index contributed by atoms with van der Waals surface area (Å²) in [5.74, 6) is -2.07. The van der Waals surface area contributed by atoms with Crippen LogP contribution in [0.25, 0.3) is 0 Å². The lowest BCUT2D eigenvalue weighted by atomic mass is 10.0. The van der Waals surface area contributed by atoms with Crippen LogP contribution in [-0.2, 0) is 29.3 Å². The molecule has 0 aromatic rings. The molecule has 4 amide bonds. The molecule has 1 saturated heterocycles. The van der Waals surface area contributed by atoms with Gasteiger partial charge in [0.15, 0.2) is 0 Å². The summed E-state index contributed by atoms with van der Waals surface area (Å²) in [6.07, 6.45) is 7.81. The number of amides is 4. The first-order valence-electron chi connectivity index (χ1n) is 13.4. The average molecular weight is 556 g/mol. The third-order valence-corrected chi connectivity index (χ3v) is 8.01. The van der Waals surface area contributed by atoms with E-state index in [4.69, 9.17) is 4.74 Å². The van der Waals surface area contributed by atoms with Gasteiger partial charge in [-0.15, -0.1) is 0 Å². The second-order valence-corrected chi connectivity index (χ2v) is 12.7. The number of alkyl carbamates (subject to hydrolysis) is 1. The Labute approximate surface area is 224 Å². The molecule has 0 bridgehead atoms. The van der Waals surface area contributed by atoms with Gasteiger partial charge in [-0.25, -0.2) is 9.52 Å². The molecule has 0 aromatic heterocycles. The number of fused-ring (bicyclic) bond motifs is 2. The van der Waals surface area contributed by atoms with Gasteiger partial charge in [-0.2, -0.15) is 13.1 Å². The van der Waals surface area contributed by atoms with E-state index < -0.39 is 51.3 Å². The Hall–Kier alpha value is -2.67. The molecule has 0 radical (unpaired) electrons. The van der Waals surface area contributed by atoms with Crippen molar-refractivity contribution in [3.05, 3.63) is 12.2 Å². The molecule has 214 valence electrons. The molecule has 4 atom stereocenters. The largest absolute Gasteiger partial charge is 0.444 e. The van der Waals surface area contributed by atoms with Crippen molar-refractivity contribution in [2.75, 3.05) is 13.1 Å². The van der Waals surface area contributed by atoms with E-state index in [1.54, 1.807) is 27.7 Å². The summed E-state index contributed by atoms with van der Waals surface area (Å²) in [6.45, 7) is 7.23. The molecule has 3 aliphatic rings. The van der Waals surface area contributed by atoms with Crippen LogP contribution >= 0.6 is 0 Å². The van der Waals surface area contributed by atoms with Crippen molar-refractivity contribution in [2.24, 2.45) is 5.92 Å². The van der Waals surface area contributed by atoms with E-state index in [1.807, 2.05) is 16.9 Å². The first-order valence-corrected chi connectivity index (χ1v) is 14.9. The van der Waals surface area contributed by atoms with Gasteiger partial charge in [-0.1, -0.05) is 31.9 Å². The Balaban J connectivity index is 1.83. The summed E-state index contributed by atoms with van der Waals surface area (Å²) in [4.78, 5) is 54.1. The second-order valence-electron chi connectivity index (χ2n) is 11.2. The fourth-order valence-electron chi connectivity index (χ4n) is 4.98. The average Bonchev–Trinajstić information content (AvgIpc) is 3.26. The lowest BCUT2D eigenvalue weighted by molar-refractivity contribution is -0.141. The second kappa shape index (κ2) is 12.0. The van der Waals surface area contributed by atoms with E-state index in [2.05, 4.69) is 15.4 Å². The zero-order valence-electron chi connectivity index (χ0n) is 22.7. The summed E-state index contributed by atoms with van der Waals surface area (Å²) in [5, 5.41) is 5.47. The van der Waals surface area contributed by atoms with Gasteiger partial charge in [0.05, 0.1) is 0 Å². The summed E-state index contributed by atoms with van der Waals surface area (Å²) in [5.41, 5.74) is -2.15. The lowest BCUT2D eigenvalue weighted by Crippen LogP contribution is -2.59. The highest BCUT2D eigenvalue weighted by atomic mass is 32.2. The molecule has 2 fully saturated rings. The van der Waals surface area contributed by atoms with Crippen LogP contribution in [0, 0.1) is 5.92 Å². The Morgan fingerprint density at radius 3 is 2.58 bits per heavy atom. The smallest absolute Gasteiger partial charge is 0.408 e. The number of ether oxygens (including phenoxy) is 1. The quantitative estimate of drug-likeness (QED) is 0.371. The van der Waals surface area contributed by atoms with Crippen molar-refractivity contribution in [3.63, 3.8) is 0 Å². The molecule has 38 heavy (non-hydrogen) atoms. The van der Waals surface area contributed by atoms with Crippen molar-refractivity contribution < 1.29 is 32.3 Å². The molecule has 1 aliphatic carbocycles. The third-order valence-electron chi connectivity index (χ3n) is 6.89. The summed E-state index contributed by atoms with van der Waals surface area (Å²) >= 11 is 0. The molecule has 0 aromatic carbocycles. The number of hydrogen-bond donors (Lipinski definition) is 4. The molecular weight excluding hydrogens is 514 g/mol. The van der Waals surface area contributed by atoms with Gasteiger partial charge in [-0.3, -0.25) is 14.4 Å². The monoisotopic (exact) mass is 555 g/mol. The molecule has 3 rings (SSSR count). The van der Waals surface area contributed by atoms with E-state index in [0.29, 0.717) is 32.2 Å². The van der Waals surface area contributed by atoms with Gasteiger partial charge in [0, 0.05) is 19.0 Å². The summed E-state index contributed by atoms with van der Waals surface area (Å²) < 4.78 is 34.0. The van der Waals surface area contributed by atoms with Gasteiger partial charge in [0.1, 0.15) is 23.2 Å². The van der Waals surface area contributed by atoms with Crippen LogP contribution in [0.3, 0.4) is 0 Å². The van der Waals surface area contributed by atoms with Gasteiger partial charge in [0.2, 0.25) is 11.8 Å². The minimum Gasteiger partial charge on any atom is -0.444 e. The summed E-state index contributed by atoms with van der Waals surface area (Å²) in [6, 6.07) is -1.69. The molecule has 1 saturated carbocycles. The van der Waals surface area contributed by atoms with Crippen LogP contribution in [0.5, 0.6) is 0 Å². The van der Waals surface area contributed by atoms with Gasteiger partial charge >= 0.3 is 16.3 Å². The molecule has 2 aliphatic heterocycles. The fraction of sp³-hybridized carbons (Fsp3) is 0.760. The van der Waals surface area contributed by atoms with Crippen molar-refractivity contribution >= 4 is 34.0 Å². The van der Waals surface area contributed by atoms with Crippen molar-refractivity contribution in [2.45, 2.75) is 102 Å². The highest BCUT2D eigenvalue weighted by Crippen LogP contribution is 2.45. The van der Waals surface area contributed by atoms with Gasteiger partial charge < -0.3 is 20.3 Å². The minimum absolute atomic E-state index is 0.100. The maximum absolute atomic E-state index is 13.6. The predicted octanol–water partition coefficient (Wildman–Crippen LogP) is 1.24. The summed E-state index contributed by atoms with van der Waals surface area (Å²) in [7, 11) is -4.07. The SMILES string of the molecule is CCNS(=O)(=O)NC(=O)[C@@]12C[C@H]1C=CCCCCCC(NC(=O)OC(C)(C)C)C(=O)N1CCC[C@H]1C(=O)N2. The van der Waals surface area contributed by atoms with Crippen LogP contribution < -0.4 is 20.1 Å². The minimum atomic E-state index is -4.07. The van der Waals surface area contributed by atoms with Crippen molar-refractivity contribution in [1.82, 2.24) is 25.0 Å². The Morgan fingerprint density at radius 2 is 1.89 bits per heavy atom. The Bertz CT molecular complexity index is 1050. The number of rotatable bonds is 5. The number of allylic oxidation sites excluding steroid dienone is 1. The highest BCUT2D eigenvalue weighted by Gasteiger charge is 2.61. The number of nitrogens with zero attached hydrogens (tertiary/aromatic N) is 1. The van der Waals surface area contributed by atoms with Crippen molar-refractivity contribution in [3.8, 4) is 0 Å².